The van der Waals surface area contributed by atoms with Crippen molar-refractivity contribution in [3.8, 4) is 0 Å². The van der Waals surface area contributed by atoms with Gasteiger partial charge in [-0.2, -0.15) is 0 Å². The van der Waals surface area contributed by atoms with Crippen molar-refractivity contribution in [2.45, 2.75) is 6.54 Å². The van der Waals surface area contributed by atoms with Gasteiger partial charge in [0.1, 0.15) is 5.82 Å². The maximum Gasteiger partial charge on any atom is 0.328 e. The first-order valence-electron chi connectivity index (χ1n) is 7.07. The molecule has 24 heavy (non-hydrogen) atoms. The number of aromatic nitrogens is 1. The van der Waals surface area contributed by atoms with E-state index in [1.165, 1.54) is 12.1 Å². The molecule has 0 unspecified atom stereocenters. The van der Waals surface area contributed by atoms with E-state index in [0.717, 1.165) is 30.1 Å². The molecule has 0 saturated heterocycles. The van der Waals surface area contributed by atoms with Crippen LogP contribution in [0.2, 0.25) is 0 Å². The number of aliphatic imine (C=N–C) groups is 1. The van der Waals surface area contributed by atoms with E-state index in [1.54, 1.807) is 12.1 Å². The number of hydrogen-bond acceptors (Lipinski definition) is 3. The van der Waals surface area contributed by atoms with Gasteiger partial charge < -0.3 is 14.8 Å². The molecular weight excluding hydrogens is 315 g/mol. The number of fused-ring (bicyclic) bond motifs is 1. The first-order valence-corrected chi connectivity index (χ1v) is 7.07. The van der Waals surface area contributed by atoms with E-state index in [9.17, 15) is 14.0 Å². The number of carboxylic acids is 2. The third-order valence-corrected chi connectivity index (χ3v) is 3.17. The molecule has 0 amide bonds. The molecule has 124 valence electrons. The summed E-state index contributed by atoms with van der Waals surface area (Å²) < 4.78 is 15.0. The van der Waals surface area contributed by atoms with Crippen LogP contribution in [0.5, 0.6) is 0 Å². The lowest BCUT2D eigenvalue weighted by Gasteiger charge is -2.16. The average Bonchev–Trinajstić information content (AvgIpc) is 3.03. The first-order chi connectivity index (χ1) is 11.5. The van der Waals surface area contributed by atoms with Crippen LogP contribution >= 0.6 is 0 Å². The Labute approximate surface area is 137 Å². The van der Waals surface area contributed by atoms with E-state index in [4.69, 9.17) is 10.2 Å². The largest absolute Gasteiger partial charge is 0.478 e. The van der Waals surface area contributed by atoms with Gasteiger partial charge in [0.05, 0.1) is 18.0 Å². The Hall–Kier alpha value is -3.22. The second kappa shape index (κ2) is 7.87. The molecule has 1 aromatic carbocycles. The molecule has 2 N–H and O–H groups in total. The fourth-order valence-corrected chi connectivity index (χ4v) is 2.16. The second-order valence-corrected chi connectivity index (χ2v) is 4.83. The summed E-state index contributed by atoms with van der Waals surface area (Å²) in [7, 11) is 0. The highest BCUT2D eigenvalue weighted by Gasteiger charge is 2.14. The van der Waals surface area contributed by atoms with Crippen molar-refractivity contribution in [1.29, 1.82) is 0 Å². The van der Waals surface area contributed by atoms with Crippen LogP contribution in [0.15, 0.2) is 59.7 Å². The summed E-state index contributed by atoms with van der Waals surface area (Å²) in [6.07, 6.45) is 3.16. The van der Waals surface area contributed by atoms with Crippen molar-refractivity contribution < 1.29 is 24.2 Å². The Morgan fingerprint density at radius 3 is 2.29 bits per heavy atom. The third kappa shape index (κ3) is 4.64. The fraction of sp³-hybridized carbons (Fsp3) is 0.118. The van der Waals surface area contributed by atoms with Crippen molar-refractivity contribution in [3.05, 3.63) is 71.8 Å². The molecule has 2 heterocycles. The van der Waals surface area contributed by atoms with Crippen LogP contribution in [0.3, 0.4) is 0 Å². The van der Waals surface area contributed by atoms with Gasteiger partial charge in [-0.1, -0.05) is 0 Å². The normalized spacial score (nSPS) is 12.8. The van der Waals surface area contributed by atoms with E-state index in [1.807, 2.05) is 18.3 Å². The topological polar surface area (TPSA) is 91.9 Å². The lowest BCUT2D eigenvalue weighted by Crippen LogP contribution is -2.18. The molecule has 0 fully saturated rings. The van der Waals surface area contributed by atoms with Crippen LogP contribution < -0.4 is 0 Å². The lowest BCUT2D eigenvalue weighted by atomic mass is 10.1. The number of carbonyl (C=O) groups is 2. The highest BCUT2D eigenvalue weighted by molar-refractivity contribution is 6.12. The molecule has 0 saturated carbocycles. The Morgan fingerprint density at radius 2 is 1.71 bits per heavy atom. The van der Waals surface area contributed by atoms with Crippen LogP contribution in [0.4, 0.5) is 4.39 Å². The number of aliphatic carboxylic acids is 2. The minimum absolute atomic E-state index is 0.212. The summed E-state index contributed by atoms with van der Waals surface area (Å²) in [5, 5.41) is 15.6. The Bertz CT molecular complexity index is 775. The number of halogens is 1. The molecule has 6 nitrogen and oxygen atoms in total. The molecule has 0 radical (unpaired) electrons. The second-order valence-electron chi connectivity index (χ2n) is 4.83. The van der Waals surface area contributed by atoms with Crippen LogP contribution in [-0.2, 0) is 16.1 Å². The number of carboxylic acid groups (broad SMARTS) is 2. The van der Waals surface area contributed by atoms with Gasteiger partial charge in [0.15, 0.2) is 0 Å². The standard InChI is InChI=1S/C13H11FN2.C4H4O4/c14-11-5-3-10(4-6-11)13-12-2-1-8-16(12)9-7-15-13;5-3(6)1-2-4(7)8/h1-6,8H,7,9H2;1-2H,(H,5,6)(H,7,8)/b;2-1+. The minimum Gasteiger partial charge on any atom is -0.478 e. The zero-order valence-electron chi connectivity index (χ0n) is 12.6. The van der Waals surface area contributed by atoms with Gasteiger partial charge in [0, 0.05) is 30.5 Å². The summed E-state index contributed by atoms with van der Waals surface area (Å²) in [6, 6.07) is 10.5. The van der Waals surface area contributed by atoms with Gasteiger partial charge in [0.25, 0.3) is 0 Å². The third-order valence-electron chi connectivity index (χ3n) is 3.17. The molecule has 2 aromatic rings. The van der Waals surface area contributed by atoms with Crippen molar-refractivity contribution in [1.82, 2.24) is 4.57 Å². The number of nitrogens with zero attached hydrogens (tertiary/aromatic N) is 2. The van der Waals surface area contributed by atoms with Gasteiger partial charge in [-0.25, -0.2) is 14.0 Å². The van der Waals surface area contributed by atoms with Crippen LogP contribution in [-0.4, -0.2) is 39.0 Å². The molecule has 0 spiro atoms. The fourth-order valence-electron chi connectivity index (χ4n) is 2.16. The number of benzene rings is 1. The van der Waals surface area contributed by atoms with Gasteiger partial charge in [-0.05, 0) is 36.4 Å². The molecule has 1 aliphatic heterocycles. The molecular formula is C17H15FN2O4. The summed E-state index contributed by atoms with van der Waals surface area (Å²) in [5.74, 6) is -2.73. The Kier molecular flexibility index (Phi) is 5.62. The average molecular weight is 330 g/mol. The van der Waals surface area contributed by atoms with E-state index in [2.05, 4.69) is 9.56 Å². The molecule has 0 atom stereocenters. The van der Waals surface area contributed by atoms with E-state index < -0.39 is 11.9 Å². The highest BCUT2D eigenvalue weighted by atomic mass is 19.1. The predicted molar refractivity (Wildman–Crippen MR) is 85.7 cm³/mol. The quantitative estimate of drug-likeness (QED) is 0.844. The van der Waals surface area contributed by atoms with E-state index in [0.29, 0.717) is 12.2 Å². The SMILES string of the molecule is Fc1ccc(C2=NCCn3cccc32)cc1.O=C(O)/C=C/C(=O)O. The molecule has 0 aliphatic carbocycles. The highest BCUT2D eigenvalue weighted by Crippen LogP contribution is 2.16. The van der Waals surface area contributed by atoms with Crippen molar-refractivity contribution in [2.75, 3.05) is 6.54 Å². The molecule has 1 aliphatic rings. The Balaban J connectivity index is 0.000000224. The van der Waals surface area contributed by atoms with Crippen LogP contribution in [0, 0.1) is 5.82 Å². The van der Waals surface area contributed by atoms with Gasteiger partial charge >= 0.3 is 11.9 Å². The Morgan fingerprint density at radius 1 is 1.08 bits per heavy atom. The summed E-state index contributed by atoms with van der Waals surface area (Å²) in [4.78, 5) is 23.6. The molecule has 3 rings (SSSR count). The molecule has 0 bridgehead atoms. The summed E-state index contributed by atoms with van der Waals surface area (Å²) in [6.45, 7) is 1.71. The van der Waals surface area contributed by atoms with Crippen molar-refractivity contribution >= 4 is 17.7 Å². The smallest absolute Gasteiger partial charge is 0.328 e. The molecule has 1 aromatic heterocycles. The van der Waals surface area contributed by atoms with Crippen LogP contribution in [0.25, 0.3) is 0 Å². The van der Waals surface area contributed by atoms with Gasteiger partial charge in [-0.15, -0.1) is 0 Å². The van der Waals surface area contributed by atoms with Crippen molar-refractivity contribution in [2.24, 2.45) is 4.99 Å². The zero-order chi connectivity index (χ0) is 17.5. The predicted octanol–water partition coefficient (Wildman–Crippen LogP) is 2.19. The molecule has 7 heteroatoms. The first kappa shape index (κ1) is 17.1. The number of rotatable bonds is 3. The monoisotopic (exact) mass is 330 g/mol. The minimum atomic E-state index is -1.26. The zero-order valence-corrected chi connectivity index (χ0v) is 12.6. The lowest BCUT2D eigenvalue weighted by molar-refractivity contribution is -0.134. The maximum absolute atomic E-state index is 12.8. The van der Waals surface area contributed by atoms with Gasteiger partial charge in [-0.3, -0.25) is 4.99 Å². The van der Waals surface area contributed by atoms with E-state index in [-0.39, 0.29) is 5.82 Å². The van der Waals surface area contributed by atoms with Crippen LogP contribution in [0.1, 0.15) is 11.3 Å². The van der Waals surface area contributed by atoms with E-state index >= 15 is 0 Å². The van der Waals surface area contributed by atoms with Crippen molar-refractivity contribution in [3.63, 3.8) is 0 Å². The summed E-state index contributed by atoms with van der Waals surface area (Å²) >= 11 is 0. The van der Waals surface area contributed by atoms with Gasteiger partial charge in [0.2, 0.25) is 0 Å². The number of hydrogen-bond donors (Lipinski definition) is 2. The maximum atomic E-state index is 12.8. The summed E-state index contributed by atoms with van der Waals surface area (Å²) in [5.41, 5.74) is 3.04.